The summed E-state index contributed by atoms with van der Waals surface area (Å²) < 4.78 is 1.85. The van der Waals surface area contributed by atoms with Crippen LogP contribution in [0.15, 0.2) is 17.5 Å². The van der Waals surface area contributed by atoms with Crippen LogP contribution >= 0.6 is 0 Å². The average Bonchev–Trinajstić information content (AvgIpc) is 2.31. The fraction of sp³-hybridized carbons (Fsp3) is 0.333. The standard InChI is InChI=1S/C6H9N3O/c1-9-4-3-7-6(9)5-8-10-2/h3-5H,1-2H3. The van der Waals surface area contributed by atoms with Crippen LogP contribution in [0, 0.1) is 0 Å². The highest BCUT2D eigenvalue weighted by molar-refractivity contribution is 5.74. The molecule has 0 aliphatic carbocycles. The van der Waals surface area contributed by atoms with Gasteiger partial charge in [0.15, 0.2) is 5.82 Å². The number of oxime groups is 1. The number of hydrogen-bond acceptors (Lipinski definition) is 3. The van der Waals surface area contributed by atoms with E-state index in [1.807, 2.05) is 17.8 Å². The first kappa shape index (κ1) is 6.80. The summed E-state index contributed by atoms with van der Waals surface area (Å²) in [7, 11) is 3.39. The molecule has 0 unspecified atom stereocenters. The van der Waals surface area contributed by atoms with Gasteiger partial charge in [-0.2, -0.15) is 0 Å². The summed E-state index contributed by atoms with van der Waals surface area (Å²) in [5, 5.41) is 3.57. The topological polar surface area (TPSA) is 39.4 Å². The lowest BCUT2D eigenvalue weighted by molar-refractivity contribution is 0.215. The van der Waals surface area contributed by atoms with E-state index >= 15 is 0 Å². The second-order valence-electron chi connectivity index (χ2n) is 1.81. The van der Waals surface area contributed by atoms with Gasteiger partial charge in [0.2, 0.25) is 0 Å². The molecule has 0 aliphatic heterocycles. The van der Waals surface area contributed by atoms with Gasteiger partial charge in [-0.25, -0.2) is 4.98 Å². The normalized spacial score (nSPS) is 10.6. The zero-order valence-corrected chi connectivity index (χ0v) is 5.98. The SMILES string of the molecule is CON=Cc1nccn1C. The van der Waals surface area contributed by atoms with E-state index in [9.17, 15) is 0 Å². The Morgan fingerprint density at radius 1 is 1.80 bits per heavy atom. The van der Waals surface area contributed by atoms with Crippen molar-refractivity contribution in [1.82, 2.24) is 9.55 Å². The van der Waals surface area contributed by atoms with Crippen LogP contribution in [0.5, 0.6) is 0 Å². The van der Waals surface area contributed by atoms with Crippen molar-refractivity contribution in [3.63, 3.8) is 0 Å². The van der Waals surface area contributed by atoms with Crippen LogP contribution in [0.2, 0.25) is 0 Å². The summed E-state index contributed by atoms with van der Waals surface area (Å²) in [4.78, 5) is 8.47. The maximum Gasteiger partial charge on any atom is 0.154 e. The Hall–Kier alpha value is -1.32. The second kappa shape index (κ2) is 3.00. The van der Waals surface area contributed by atoms with Crippen LogP contribution in [0.25, 0.3) is 0 Å². The van der Waals surface area contributed by atoms with E-state index in [4.69, 9.17) is 0 Å². The van der Waals surface area contributed by atoms with Crippen molar-refractivity contribution in [2.24, 2.45) is 12.2 Å². The molecule has 54 valence electrons. The largest absolute Gasteiger partial charge is 0.399 e. The van der Waals surface area contributed by atoms with Gasteiger partial charge in [0.05, 0.1) is 0 Å². The number of aromatic nitrogens is 2. The highest BCUT2D eigenvalue weighted by Crippen LogP contribution is 1.88. The molecule has 0 atom stereocenters. The van der Waals surface area contributed by atoms with Crippen molar-refractivity contribution < 1.29 is 4.84 Å². The number of imidazole rings is 1. The molecule has 0 spiro atoms. The van der Waals surface area contributed by atoms with E-state index < -0.39 is 0 Å². The second-order valence-corrected chi connectivity index (χ2v) is 1.81. The first-order valence-electron chi connectivity index (χ1n) is 2.88. The molecule has 1 aromatic heterocycles. The lowest BCUT2D eigenvalue weighted by atomic mass is 10.7. The lowest BCUT2D eigenvalue weighted by Crippen LogP contribution is -1.94. The van der Waals surface area contributed by atoms with Crippen molar-refractivity contribution in [3.8, 4) is 0 Å². The molecule has 1 aromatic rings. The van der Waals surface area contributed by atoms with Gasteiger partial charge in [-0.05, 0) is 0 Å². The van der Waals surface area contributed by atoms with Crippen molar-refractivity contribution >= 4 is 6.21 Å². The first-order chi connectivity index (χ1) is 4.84. The maximum atomic E-state index is 4.49. The number of nitrogens with zero attached hydrogens (tertiary/aromatic N) is 3. The van der Waals surface area contributed by atoms with Gasteiger partial charge in [-0.3, -0.25) is 0 Å². The van der Waals surface area contributed by atoms with Crippen LogP contribution in [0.4, 0.5) is 0 Å². The Balaban J connectivity index is 2.74. The van der Waals surface area contributed by atoms with Gasteiger partial charge in [0.1, 0.15) is 13.3 Å². The summed E-state index contributed by atoms with van der Waals surface area (Å²) in [5.41, 5.74) is 0. The summed E-state index contributed by atoms with van der Waals surface area (Å²) in [6, 6.07) is 0. The molecule has 10 heavy (non-hydrogen) atoms. The van der Waals surface area contributed by atoms with Crippen LogP contribution in [-0.4, -0.2) is 22.9 Å². The van der Waals surface area contributed by atoms with Gasteiger partial charge in [-0.1, -0.05) is 5.16 Å². The van der Waals surface area contributed by atoms with Gasteiger partial charge in [0, 0.05) is 19.4 Å². The fourth-order valence-corrected chi connectivity index (χ4v) is 0.601. The summed E-state index contributed by atoms with van der Waals surface area (Å²) in [6.07, 6.45) is 5.11. The van der Waals surface area contributed by atoms with Gasteiger partial charge in [0.25, 0.3) is 0 Å². The Morgan fingerprint density at radius 2 is 2.60 bits per heavy atom. The minimum atomic E-state index is 0.779. The quantitative estimate of drug-likeness (QED) is 0.439. The predicted molar refractivity (Wildman–Crippen MR) is 37.8 cm³/mol. The third-order valence-electron chi connectivity index (χ3n) is 1.13. The van der Waals surface area contributed by atoms with E-state index in [1.165, 1.54) is 7.11 Å². The van der Waals surface area contributed by atoms with Crippen molar-refractivity contribution in [2.75, 3.05) is 7.11 Å². The van der Waals surface area contributed by atoms with E-state index in [2.05, 4.69) is 15.0 Å². The Bertz CT molecular complexity index is 229. The molecule has 0 aliphatic rings. The minimum Gasteiger partial charge on any atom is -0.399 e. The zero-order valence-electron chi connectivity index (χ0n) is 5.98. The fourth-order valence-electron chi connectivity index (χ4n) is 0.601. The van der Waals surface area contributed by atoms with E-state index in [0.29, 0.717) is 0 Å². The Morgan fingerprint density at radius 3 is 3.10 bits per heavy atom. The van der Waals surface area contributed by atoms with Crippen molar-refractivity contribution in [3.05, 3.63) is 18.2 Å². The molecule has 0 fully saturated rings. The Labute approximate surface area is 59.1 Å². The molecule has 0 saturated carbocycles. The minimum absolute atomic E-state index is 0.779. The van der Waals surface area contributed by atoms with Gasteiger partial charge >= 0.3 is 0 Å². The highest BCUT2D eigenvalue weighted by Gasteiger charge is 1.91. The predicted octanol–water partition coefficient (Wildman–Crippen LogP) is 0.400. The lowest BCUT2D eigenvalue weighted by Gasteiger charge is -1.90. The third kappa shape index (κ3) is 1.34. The van der Waals surface area contributed by atoms with Crippen LogP contribution in [0.3, 0.4) is 0 Å². The maximum absolute atomic E-state index is 4.49. The van der Waals surface area contributed by atoms with E-state index in [1.54, 1.807) is 12.4 Å². The first-order valence-corrected chi connectivity index (χ1v) is 2.88. The van der Waals surface area contributed by atoms with Crippen LogP contribution in [0.1, 0.15) is 5.82 Å². The van der Waals surface area contributed by atoms with Crippen LogP contribution < -0.4 is 0 Å². The number of aryl methyl sites for hydroxylation is 1. The smallest absolute Gasteiger partial charge is 0.154 e. The molecular formula is C6H9N3O. The molecule has 0 bridgehead atoms. The van der Waals surface area contributed by atoms with Gasteiger partial charge < -0.3 is 9.40 Å². The highest BCUT2D eigenvalue weighted by atomic mass is 16.6. The molecule has 0 aromatic carbocycles. The monoisotopic (exact) mass is 139 g/mol. The molecule has 0 N–H and O–H groups in total. The molecule has 4 nitrogen and oxygen atoms in total. The average molecular weight is 139 g/mol. The summed E-state index contributed by atoms with van der Waals surface area (Å²) >= 11 is 0. The molecule has 0 saturated heterocycles. The van der Waals surface area contributed by atoms with Crippen molar-refractivity contribution in [2.45, 2.75) is 0 Å². The van der Waals surface area contributed by atoms with Crippen LogP contribution in [-0.2, 0) is 11.9 Å². The Kier molecular flexibility index (Phi) is 2.04. The molecule has 0 radical (unpaired) electrons. The zero-order chi connectivity index (χ0) is 7.40. The molecule has 1 rings (SSSR count). The molecule has 0 amide bonds. The molecular weight excluding hydrogens is 130 g/mol. The van der Waals surface area contributed by atoms with E-state index in [-0.39, 0.29) is 0 Å². The summed E-state index contributed by atoms with van der Waals surface area (Å²) in [6.45, 7) is 0. The van der Waals surface area contributed by atoms with Crippen molar-refractivity contribution in [1.29, 1.82) is 0 Å². The number of rotatable bonds is 2. The third-order valence-corrected chi connectivity index (χ3v) is 1.13. The molecule has 4 heteroatoms. The van der Waals surface area contributed by atoms with Gasteiger partial charge in [-0.15, -0.1) is 0 Å². The number of hydrogen-bond donors (Lipinski definition) is 0. The van der Waals surface area contributed by atoms with E-state index in [0.717, 1.165) is 5.82 Å². The summed E-state index contributed by atoms with van der Waals surface area (Å²) in [5.74, 6) is 0.779. The molecule has 1 heterocycles.